The Labute approximate surface area is 114 Å². The van der Waals surface area contributed by atoms with Gasteiger partial charge in [-0.2, -0.15) is 0 Å². The highest BCUT2D eigenvalue weighted by molar-refractivity contribution is 7.21. The second-order valence-corrected chi connectivity index (χ2v) is 5.15. The van der Waals surface area contributed by atoms with E-state index in [2.05, 4.69) is 4.74 Å². The second-order valence-electron chi connectivity index (χ2n) is 4.09. The van der Waals surface area contributed by atoms with Crippen LogP contribution in [0.1, 0.15) is 16.6 Å². The molecule has 6 heteroatoms. The summed E-state index contributed by atoms with van der Waals surface area (Å²) in [6, 6.07) is 5.47. The van der Waals surface area contributed by atoms with E-state index < -0.39 is 5.97 Å². The summed E-state index contributed by atoms with van der Waals surface area (Å²) in [6.45, 7) is 1.49. The lowest BCUT2D eigenvalue weighted by molar-refractivity contribution is -0.116. The smallest absolute Gasteiger partial charge is 0.350 e. The lowest BCUT2D eigenvalue weighted by atomic mass is 10.2. The van der Waals surface area contributed by atoms with Crippen molar-refractivity contribution in [3.63, 3.8) is 0 Å². The van der Waals surface area contributed by atoms with Crippen molar-refractivity contribution in [3.05, 3.63) is 23.1 Å². The summed E-state index contributed by atoms with van der Waals surface area (Å²) >= 11 is 1.28. The molecule has 2 aromatic rings. The molecule has 1 aromatic carbocycles. The average Bonchev–Trinajstić information content (AvgIpc) is 2.74. The van der Waals surface area contributed by atoms with Crippen molar-refractivity contribution in [1.82, 2.24) is 0 Å². The third kappa shape index (κ3) is 2.26. The van der Waals surface area contributed by atoms with Crippen LogP contribution in [0, 0.1) is 0 Å². The van der Waals surface area contributed by atoms with Gasteiger partial charge in [0.15, 0.2) is 0 Å². The number of anilines is 2. The van der Waals surface area contributed by atoms with E-state index in [1.807, 2.05) is 12.1 Å². The van der Waals surface area contributed by atoms with Gasteiger partial charge in [-0.3, -0.25) is 4.79 Å². The van der Waals surface area contributed by atoms with Crippen LogP contribution < -0.4 is 10.6 Å². The predicted molar refractivity (Wildman–Crippen MR) is 76.7 cm³/mol. The van der Waals surface area contributed by atoms with Gasteiger partial charge in [-0.25, -0.2) is 4.79 Å². The molecule has 0 radical (unpaired) electrons. The van der Waals surface area contributed by atoms with E-state index in [1.165, 1.54) is 30.3 Å². The molecule has 0 bridgehead atoms. The normalized spacial score (nSPS) is 10.5. The van der Waals surface area contributed by atoms with Gasteiger partial charge >= 0.3 is 5.97 Å². The first kappa shape index (κ1) is 13.4. The van der Waals surface area contributed by atoms with Crippen molar-refractivity contribution in [2.24, 2.45) is 0 Å². The molecule has 100 valence electrons. The first-order valence-electron chi connectivity index (χ1n) is 5.60. The van der Waals surface area contributed by atoms with Crippen LogP contribution in [-0.4, -0.2) is 26.0 Å². The highest BCUT2D eigenvalue weighted by Crippen LogP contribution is 2.36. The van der Waals surface area contributed by atoms with Crippen molar-refractivity contribution in [2.45, 2.75) is 6.92 Å². The summed E-state index contributed by atoms with van der Waals surface area (Å²) in [7, 11) is 3.01. The summed E-state index contributed by atoms with van der Waals surface area (Å²) in [5.41, 5.74) is 7.10. The van der Waals surface area contributed by atoms with Crippen LogP contribution in [0.4, 0.5) is 11.4 Å². The Bertz CT molecular complexity index is 663. The Morgan fingerprint density at radius 3 is 2.63 bits per heavy atom. The van der Waals surface area contributed by atoms with E-state index in [-0.39, 0.29) is 5.91 Å². The number of ether oxygens (including phenoxy) is 1. The number of esters is 1. The number of hydrogen-bond donors (Lipinski definition) is 1. The minimum Gasteiger partial charge on any atom is -0.465 e. The van der Waals surface area contributed by atoms with Crippen molar-refractivity contribution < 1.29 is 14.3 Å². The van der Waals surface area contributed by atoms with Gasteiger partial charge in [0.25, 0.3) is 0 Å². The number of carbonyl (C=O) groups excluding carboxylic acids is 2. The highest BCUT2D eigenvalue weighted by atomic mass is 32.1. The van der Waals surface area contributed by atoms with Gasteiger partial charge < -0.3 is 15.4 Å². The number of amides is 1. The molecule has 2 rings (SSSR count). The number of nitrogens with two attached hydrogens (primary N) is 1. The Morgan fingerprint density at radius 2 is 2.05 bits per heavy atom. The molecule has 0 aliphatic carbocycles. The van der Waals surface area contributed by atoms with Gasteiger partial charge in [-0.05, 0) is 18.2 Å². The number of nitrogen functional groups attached to an aromatic ring is 1. The minimum atomic E-state index is -0.444. The lowest BCUT2D eigenvalue weighted by Crippen LogP contribution is -2.22. The number of benzene rings is 1. The topological polar surface area (TPSA) is 72.6 Å². The van der Waals surface area contributed by atoms with Crippen LogP contribution >= 0.6 is 11.3 Å². The van der Waals surface area contributed by atoms with Gasteiger partial charge in [-0.1, -0.05) is 0 Å². The summed E-state index contributed by atoms with van der Waals surface area (Å²) < 4.78 is 5.58. The number of carbonyl (C=O) groups is 2. The Kier molecular flexibility index (Phi) is 3.44. The molecule has 0 aliphatic rings. The fourth-order valence-electron chi connectivity index (χ4n) is 1.74. The van der Waals surface area contributed by atoms with Gasteiger partial charge in [0.1, 0.15) is 4.88 Å². The molecule has 0 saturated carbocycles. The van der Waals surface area contributed by atoms with Gasteiger partial charge in [0, 0.05) is 29.7 Å². The lowest BCUT2D eigenvalue weighted by Gasteiger charge is -2.14. The van der Waals surface area contributed by atoms with E-state index >= 15 is 0 Å². The second kappa shape index (κ2) is 4.89. The first-order valence-corrected chi connectivity index (χ1v) is 6.42. The number of nitrogens with zero attached hydrogens (tertiary/aromatic N) is 1. The van der Waals surface area contributed by atoms with Crippen LogP contribution in [0.2, 0.25) is 0 Å². The maximum Gasteiger partial charge on any atom is 0.350 e. The van der Waals surface area contributed by atoms with Crippen molar-refractivity contribution in [1.29, 1.82) is 0 Å². The standard InChI is InChI=1S/C13H14N2O3S/c1-7(16)15(2)8-4-5-10-9(6-8)11(14)12(19-10)13(17)18-3/h4-6H,14H2,1-3H3. The van der Waals surface area contributed by atoms with E-state index in [0.717, 1.165) is 15.8 Å². The molecular weight excluding hydrogens is 264 g/mol. The fraction of sp³-hybridized carbons (Fsp3) is 0.231. The third-order valence-electron chi connectivity index (χ3n) is 2.94. The maximum atomic E-state index is 11.6. The van der Waals surface area contributed by atoms with E-state index in [4.69, 9.17) is 5.73 Å². The van der Waals surface area contributed by atoms with Crippen molar-refractivity contribution in [2.75, 3.05) is 24.8 Å². The molecule has 0 spiro atoms. The molecule has 0 fully saturated rings. The van der Waals surface area contributed by atoms with Crippen molar-refractivity contribution >= 4 is 44.7 Å². The maximum absolute atomic E-state index is 11.6. The van der Waals surface area contributed by atoms with Gasteiger partial charge in [0.2, 0.25) is 5.91 Å². The van der Waals surface area contributed by atoms with Gasteiger partial charge in [0.05, 0.1) is 12.8 Å². The first-order chi connectivity index (χ1) is 8.95. The van der Waals surface area contributed by atoms with Crippen LogP contribution in [-0.2, 0) is 9.53 Å². The molecule has 0 atom stereocenters. The summed E-state index contributed by atoms with van der Waals surface area (Å²) in [5.74, 6) is -0.512. The highest BCUT2D eigenvalue weighted by Gasteiger charge is 2.17. The van der Waals surface area contributed by atoms with E-state index in [0.29, 0.717) is 10.6 Å². The quantitative estimate of drug-likeness (QED) is 0.855. The Balaban J connectivity index is 2.57. The largest absolute Gasteiger partial charge is 0.465 e. The fourth-order valence-corrected chi connectivity index (χ4v) is 2.76. The number of thiophene rings is 1. The molecule has 1 aromatic heterocycles. The SMILES string of the molecule is COC(=O)c1sc2ccc(N(C)C(C)=O)cc2c1N. The number of hydrogen-bond acceptors (Lipinski definition) is 5. The molecule has 5 nitrogen and oxygen atoms in total. The summed E-state index contributed by atoms with van der Waals surface area (Å²) in [6.07, 6.45) is 0. The zero-order valence-corrected chi connectivity index (χ0v) is 11.7. The van der Waals surface area contributed by atoms with Crippen LogP contribution in [0.25, 0.3) is 10.1 Å². The molecule has 1 amide bonds. The summed E-state index contributed by atoms with van der Waals surface area (Å²) in [5, 5.41) is 0.760. The van der Waals surface area contributed by atoms with E-state index in [1.54, 1.807) is 13.1 Å². The van der Waals surface area contributed by atoms with Crippen molar-refractivity contribution in [3.8, 4) is 0 Å². The van der Waals surface area contributed by atoms with Crippen LogP contribution in [0.5, 0.6) is 0 Å². The average molecular weight is 278 g/mol. The molecule has 19 heavy (non-hydrogen) atoms. The molecular formula is C13H14N2O3S. The molecule has 1 heterocycles. The molecule has 2 N–H and O–H groups in total. The third-order valence-corrected chi connectivity index (χ3v) is 4.11. The zero-order chi connectivity index (χ0) is 14.2. The van der Waals surface area contributed by atoms with Gasteiger partial charge in [-0.15, -0.1) is 11.3 Å². The number of rotatable bonds is 2. The van der Waals surface area contributed by atoms with Crippen LogP contribution in [0.15, 0.2) is 18.2 Å². The monoisotopic (exact) mass is 278 g/mol. The molecule has 0 aliphatic heterocycles. The minimum absolute atomic E-state index is 0.0682. The van der Waals surface area contributed by atoms with E-state index in [9.17, 15) is 9.59 Å². The Morgan fingerprint density at radius 1 is 1.37 bits per heavy atom. The van der Waals surface area contributed by atoms with Crippen LogP contribution in [0.3, 0.4) is 0 Å². The predicted octanol–water partition coefficient (Wildman–Crippen LogP) is 2.25. The zero-order valence-electron chi connectivity index (χ0n) is 10.9. The Hall–Kier alpha value is -2.08. The number of fused-ring (bicyclic) bond motifs is 1. The summed E-state index contributed by atoms with van der Waals surface area (Å²) in [4.78, 5) is 24.8. The molecule has 0 unspecified atom stereocenters. The number of methoxy groups -OCH3 is 1. The molecule has 0 saturated heterocycles.